The molecule has 0 aliphatic carbocycles. The van der Waals surface area contributed by atoms with Crippen molar-refractivity contribution in [3.8, 4) is 0 Å². The summed E-state index contributed by atoms with van der Waals surface area (Å²) >= 11 is 1.38. The minimum atomic E-state index is -0.299. The number of hydrogen-bond donors (Lipinski definition) is 2. The third-order valence-electron chi connectivity index (χ3n) is 4.90. The van der Waals surface area contributed by atoms with Crippen LogP contribution in [0.3, 0.4) is 0 Å². The number of halogens is 1. The molecule has 1 aliphatic heterocycles. The van der Waals surface area contributed by atoms with Crippen LogP contribution in [0, 0.1) is 12.8 Å². The molecule has 28 heavy (non-hydrogen) atoms. The number of rotatable bonds is 7. The van der Waals surface area contributed by atoms with Crippen molar-refractivity contribution >= 4 is 47.2 Å². The minimum Gasteiger partial charge on any atom is -0.462 e. The smallest absolute Gasteiger partial charge is 0.350 e. The number of guanidine groups is 1. The predicted molar refractivity (Wildman–Crippen MR) is 126 cm³/mol. The minimum absolute atomic E-state index is 0. The molecule has 0 aromatic carbocycles. The van der Waals surface area contributed by atoms with Crippen LogP contribution in [0.25, 0.3) is 0 Å². The average Bonchev–Trinajstić information content (AvgIpc) is 3.04. The molecule has 2 heterocycles. The van der Waals surface area contributed by atoms with Crippen LogP contribution >= 0.6 is 35.3 Å². The summed E-state index contributed by atoms with van der Waals surface area (Å²) in [6.07, 6.45) is 3.71. The number of likely N-dealkylation sites (tertiary alicyclic amines) is 1. The first-order valence-corrected chi connectivity index (χ1v) is 10.6. The van der Waals surface area contributed by atoms with E-state index in [2.05, 4.69) is 32.6 Å². The molecule has 0 amide bonds. The fourth-order valence-corrected chi connectivity index (χ4v) is 4.16. The summed E-state index contributed by atoms with van der Waals surface area (Å²) in [6, 6.07) is -0.0357. The quantitative estimate of drug-likeness (QED) is 0.248. The number of nitrogens with zero attached hydrogens (tertiary/aromatic N) is 3. The summed E-state index contributed by atoms with van der Waals surface area (Å²) in [7, 11) is 3.96. The molecule has 1 saturated heterocycles. The van der Waals surface area contributed by atoms with E-state index in [0.717, 1.165) is 29.9 Å². The van der Waals surface area contributed by atoms with Crippen LogP contribution in [-0.4, -0.2) is 62.1 Å². The van der Waals surface area contributed by atoms with Gasteiger partial charge >= 0.3 is 5.97 Å². The van der Waals surface area contributed by atoms with E-state index >= 15 is 0 Å². The molecule has 1 fully saturated rings. The van der Waals surface area contributed by atoms with Gasteiger partial charge in [0.2, 0.25) is 0 Å². The molecule has 0 saturated carbocycles. The van der Waals surface area contributed by atoms with Crippen LogP contribution in [0.15, 0.2) is 4.99 Å². The first-order valence-electron chi connectivity index (χ1n) is 9.74. The van der Waals surface area contributed by atoms with E-state index in [9.17, 15) is 4.79 Å². The Morgan fingerprint density at radius 3 is 2.71 bits per heavy atom. The highest BCUT2D eigenvalue weighted by Crippen LogP contribution is 2.24. The van der Waals surface area contributed by atoms with Gasteiger partial charge in [-0.25, -0.2) is 9.78 Å². The third kappa shape index (κ3) is 7.47. The van der Waals surface area contributed by atoms with Gasteiger partial charge in [0.15, 0.2) is 5.96 Å². The van der Waals surface area contributed by atoms with Crippen LogP contribution in [0.5, 0.6) is 0 Å². The summed E-state index contributed by atoms with van der Waals surface area (Å²) in [5, 5.41) is 7.62. The van der Waals surface area contributed by atoms with Gasteiger partial charge in [0.1, 0.15) is 9.88 Å². The van der Waals surface area contributed by atoms with E-state index in [4.69, 9.17) is 4.74 Å². The molecule has 9 heteroatoms. The van der Waals surface area contributed by atoms with Gasteiger partial charge in [0, 0.05) is 13.6 Å². The highest BCUT2D eigenvalue weighted by atomic mass is 127. The van der Waals surface area contributed by atoms with Gasteiger partial charge in [-0.05, 0) is 66.1 Å². The standard InChI is InChI=1S/C19H33N5O2S.HI/c1-6-26-18(25)16-13(2)22-17(27-16)14(3)23-19(20-4)21-10-7-15-8-11-24(5)12-9-15;/h14-15H,6-12H2,1-5H3,(H2,20,21,23);1H. The molecule has 1 atom stereocenters. The molecule has 160 valence electrons. The summed E-state index contributed by atoms with van der Waals surface area (Å²) in [4.78, 5) is 23.8. The van der Waals surface area contributed by atoms with Crippen molar-refractivity contribution in [1.82, 2.24) is 20.5 Å². The number of aliphatic imine (C=N–C) groups is 1. The van der Waals surface area contributed by atoms with E-state index < -0.39 is 0 Å². The topological polar surface area (TPSA) is 78.8 Å². The maximum Gasteiger partial charge on any atom is 0.350 e. The van der Waals surface area contributed by atoms with Gasteiger partial charge in [-0.1, -0.05) is 0 Å². The molecule has 1 aliphatic rings. The van der Waals surface area contributed by atoms with Crippen LogP contribution in [0.4, 0.5) is 0 Å². The maximum atomic E-state index is 12.0. The fourth-order valence-electron chi connectivity index (χ4n) is 3.20. The lowest BCUT2D eigenvalue weighted by molar-refractivity contribution is 0.0531. The molecule has 0 bridgehead atoms. The molecule has 2 rings (SSSR count). The second-order valence-corrected chi connectivity index (χ2v) is 8.12. The number of thiazole rings is 1. The number of aryl methyl sites for hydroxylation is 1. The van der Waals surface area contributed by atoms with Gasteiger partial charge in [-0.2, -0.15) is 0 Å². The summed E-state index contributed by atoms with van der Waals surface area (Å²) in [5.74, 6) is 1.26. The number of aromatic nitrogens is 1. The Hall–Kier alpha value is -0.940. The molecular weight excluding hydrogens is 489 g/mol. The monoisotopic (exact) mass is 523 g/mol. The molecule has 1 aromatic rings. The molecule has 1 aromatic heterocycles. The Balaban J connectivity index is 0.00000392. The summed E-state index contributed by atoms with van der Waals surface area (Å²) in [6.45, 7) is 9.34. The van der Waals surface area contributed by atoms with Crippen molar-refractivity contribution < 1.29 is 9.53 Å². The van der Waals surface area contributed by atoms with Gasteiger partial charge in [-0.15, -0.1) is 35.3 Å². The third-order valence-corrected chi connectivity index (χ3v) is 6.22. The number of ether oxygens (including phenoxy) is 1. The Bertz CT molecular complexity index is 644. The zero-order valence-corrected chi connectivity index (χ0v) is 20.7. The number of carbonyl (C=O) groups is 1. The normalized spacial score (nSPS) is 17.0. The van der Waals surface area contributed by atoms with Crippen molar-refractivity contribution in [2.75, 3.05) is 40.3 Å². The second kappa shape index (κ2) is 12.6. The lowest BCUT2D eigenvalue weighted by Gasteiger charge is -2.29. The predicted octanol–water partition coefficient (Wildman–Crippen LogP) is 3.20. The number of carbonyl (C=O) groups excluding carboxylic acids is 1. The Morgan fingerprint density at radius 2 is 2.11 bits per heavy atom. The van der Waals surface area contributed by atoms with E-state index in [-0.39, 0.29) is 36.0 Å². The molecular formula is C19H34IN5O2S. The molecule has 0 radical (unpaired) electrons. The van der Waals surface area contributed by atoms with Gasteiger partial charge in [0.05, 0.1) is 18.3 Å². The molecule has 2 N–H and O–H groups in total. The van der Waals surface area contributed by atoms with Crippen molar-refractivity contribution in [1.29, 1.82) is 0 Å². The average molecular weight is 523 g/mol. The SMILES string of the molecule is CCOC(=O)c1sc(C(C)NC(=NC)NCCC2CCN(C)CC2)nc1C.I. The van der Waals surface area contributed by atoms with E-state index in [1.54, 1.807) is 14.0 Å². The van der Waals surface area contributed by atoms with Crippen LogP contribution in [0.1, 0.15) is 59.5 Å². The summed E-state index contributed by atoms with van der Waals surface area (Å²) in [5.41, 5.74) is 0.715. The van der Waals surface area contributed by atoms with Gasteiger partial charge in [0.25, 0.3) is 0 Å². The molecule has 0 spiro atoms. The second-order valence-electron chi connectivity index (χ2n) is 7.09. The number of piperidine rings is 1. The fraction of sp³-hybridized carbons (Fsp3) is 0.737. The number of hydrogen-bond acceptors (Lipinski definition) is 6. The Morgan fingerprint density at radius 1 is 1.43 bits per heavy atom. The van der Waals surface area contributed by atoms with Crippen molar-refractivity contribution in [3.05, 3.63) is 15.6 Å². The van der Waals surface area contributed by atoms with Crippen LogP contribution in [0.2, 0.25) is 0 Å². The lowest BCUT2D eigenvalue weighted by Crippen LogP contribution is -2.40. The van der Waals surface area contributed by atoms with Crippen molar-refractivity contribution in [2.24, 2.45) is 10.9 Å². The van der Waals surface area contributed by atoms with E-state index in [1.165, 1.54) is 37.3 Å². The van der Waals surface area contributed by atoms with Gasteiger partial charge < -0.3 is 20.3 Å². The van der Waals surface area contributed by atoms with Crippen LogP contribution < -0.4 is 10.6 Å². The first kappa shape index (κ1) is 25.1. The van der Waals surface area contributed by atoms with Crippen molar-refractivity contribution in [3.63, 3.8) is 0 Å². The van der Waals surface area contributed by atoms with Gasteiger partial charge in [-0.3, -0.25) is 4.99 Å². The van der Waals surface area contributed by atoms with E-state index in [1.807, 2.05) is 13.8 Å². The first-order chi connectivity index (χ1) is 12.9. The Labute approximate surface area is 189 Å². The zero-order valence-electron chi connectivity index (χ0n) is 17.6. The largest absolute Gasteiger partial charge is 0.462 e. The Kier molecular flexibility index (Phi) is 11.3. The molecule has 1 unspecified atom stereocenters. The lowest BCUT2D eigenvalue weighted by atomic mass is 9.94. The maximum absolute atomic E-state index is 12.0. The highest BCUT2D eigenvalue weighted by molar-refractivity contribution is 14.0. The number of esters is 1. The summed E-state index contributed by atoms with van der Waals surface area (Å²) < 4.78 is 5.09. The molecule has 7 nitrogen and oxygen atoms in total. The van der Waals surface area contributed by atoms with Crippen LogP contribution in [-0.2, 0) is 4.74 Å². The highest BCUT2D eigenvalue weighted by Gasteiger charge is 2.20. The number of nitrogens with one attached hydrogen (secondary N) is 2. The van der Waals surface area contributed by atoms with E-state index in [0.29, 0.717) is 17.2 Å². The van der Waals surface area contributed by atoms with Crippen molar-refractivity contribution in [2.45, 2.75) is 46.1 Å². The zero-order chi connectivity index (χ0) is 19.8.